The first-order valence-corrected chi connectivity index (χ1v) is 8.14. The van der Waals surface area contributed by atoms with Gasteiger partial charge in [-0.2, -0.15) is 4.98 Å². The lowest BCUT2D eigenvalue weighted by Gasteiger charge is -2.14. The average molecular weight is 330 g/mol. The third-order valence-corrected chi connectivity index (χ3v) is 4.43. The molecule has 1 aliphatic carbocycles. The largest absolute Gasteiger partial charge is 0.396 e. The number of carbonyl (C=O) groups excluding carboxylic acids is 1. The van der Waals surface area contributed by atoms with Crippen molar-refractivity contribution < 1.29 is 14.4 Å². The van der Waals surface area contributed by atoms with Crippen molar-refractivity contribution >= 4 is 11.7 Å². The van der Waals surface area contributed by atoms with E-state index in [9.17, 15) is 9.90 Å². The van der Waals surface area contributed by atoms with Gasteiger partial charge in [0.15, 0.2) is 5.82 Å². The minimum Gasteiger partial charge on any atom is -0.396 e. The molecule has 0 spiro atoms. The summed E-state index contributed by atoms with van der Waals surface area (Å²) in [5.74, 6) is 1.09. The number of aryl methyl sites for hydroxylation is 2. The highest BCUT2D eigenvalue weighted by Gasteiger charge is 2.42. The van der Waals surface area contributed by atoms with E-state index in [1.807, 2.05) is 32.0 Å². The molecule has 0 aliphatic heterocycles. The molecule has 0 unspecified atom stereocenters. The topological polar surface area (TPSA) is 100 Å². The SMILES string of the molecule is CCc1noc(-c2ccc(C)c(NC(=O)NCC3(CO)CC3)c2)n1. The third-order valence-electron chi connectivity index (χ3n) is 4.43. The van der Waals surface area contributed by atoms with Crippen LogP contribution in [-0.2, 0) is 6.42 Å². The van der Waals surface area contributed by atoms with Crippen LogP contribution < -0.4 is 10.6 Å². The fraction of sp³-hybridized carbons (Fsp3) is 0.471. The van der Waals surface area contributed by atoms with Crippen LogP contribution in [0.4, 0.5) is 10.5 Å². The van der Waals surface area contributed by atoms with Crippen LogP contribution in [0.1, 0.15) is 31.2 Å². The molecule has 1 aromatic heterocycles. The normalized spacial score (nSPS) is 15.1. The maximum Gasteiger partial charge on any atom is 0.319 e. The Hall–Kier alpha value is -2.41. The molecule has 1 aliphatic rings. The molecule has 7 nitrogen and oxygen atoms in total. The summed E-state index contributed by atoms with van der Waals surface area (Å²) in [7, 11) is 0. The van der Waals surface area contributed by atoms with Crippen LogP contribution in [0.15, 0.2) is 22.7 Å². The molecule has 2 aromatic rings. The summed E-state index contributed by atoms with van der Waals surface area (Å²) >= 11 is 0. The van der Waals surface area contributed by atoms with E-state index < -0.39 is 0 Å². The molecule has 3 rings (SSSR count). The minimum absolute atomic E-state index is 0.110. The van der Waals surface area contributed by atoms with E-state index in [0.29, 0.717) is 30.4 Å². The number of hydrogen-bond donors (Lipinski definition) is 3. The zero-order valence-corrected chi connectivity index (χ0v) is 13.9. The predicted octanol–water partition coefficient (Wildman–Crippen LogP) is 2.50. The van der Waals surface area contributed by atoms with Crippen LogP contribution in [0.3, 0.4) is 0 Å². The number of rotatable bonds is 6. The van der Waals surface area contributed by atoms with Crippen molar-refractivity contribution in [2.45, 2.75) is 33.1 Å². The Morgan fingerprint density at radius 2 is 2.21 bits per heavy atom. The number of carbonyl (C=O) groups is 1. The van der Waals surface area contributed by atoms with E-state index in [4.69, 9.17) is 4.52 Å². The number of anilines is 1. The molecule has 1 heterocycles. The summed E-state index contributed by atoms with van der Waals surface area (Å²) in [6.45, 7) is 4.47. The Bertz CT molecular complexity index is 737. The van der Waals surface area contributed by atoms with Crippen molar-refractivity contribution in [2.75, 3.05) is 18.5 Å². The maximum absolute atomic E-state index is 12.1. The molecule has 0 radical (unpaired) electrons. The van der Waals surface area contributed by atoms with Crippen molar-refractivity contribution in [1.82, 2.24) is 15.5 Å². The summed E-state index contributed by atoms with van der Waals surface area (Å²) in [5.41, 5.74) is 2.27. The lowest BCUT2D eigenvalue weighted by Crippen LogP contribution is -2.35. The average Bonchev–Trinajstić information content (AvgIpc) is 3.22. The van der Waals surface area contributed by atoms with Gasteiger partial charge in [-0.3, -0.25) is 0 Å². The quantitative estimate of drug-likeness (QED) is 0.755. The molecule has 3 N–H and O–H groups in total. The number of amides is 2. The molecule has 24 heavy (non-hydrogen) atoms. The van der Waals surface area contributed by atoms with E-state index >= 15 is 0 Å². The lowest BCUT2D eigenvalue weighted by atomic mass is 10.1. The van der Waals surface area contributed by atoms with E-state index in [1.165, 1.54) is 0 Å². The van der Waals surface area contributed by atoms with E-state index in [2.05, 4.69) is 20.8 Å². The smallest absolute Gasteiger partial charge is 0.319 e. The Morgan fingerprint density at radius 1 is 1.42 bits per heavy atom. The van der Waals surface area contributed by atoms with E-state index in [0.717, 1.165) is 24.0 Å². The zero-order valence-electron chi connectivity index (χ0n) is 13.9. The van der Waals surface area contributed by atoms with Gasteiger partial charge in [-0.15, -0.1) is 0 Å². The molecule has 1 aromatic carbocycles. The molecule has 1 saturated carbocycles. The van der Waals surface area contributed by atoms with Gasteiger partial charge in [0.25, 0.3) is 5.89 Å². The number of benzene rings is 1. The molecular formula is C17H22N4O3. The second kappa shape index (κ2) is 6.60. The molecule has 0 bridgehead atoms. The number of aliphatic hydroxyl groups excluding tert-OH is 1. The maximum atomic E-state index is 12.1. The van der Waals surface area contributed by atoms with Crippen molar-refractivity contribution in [2.24, 2.45) is 5.41 Å². The molecule has 1 fully saturated rings. The van der Waals surface area contributed by atoms with Crippen LogP contribution in [-0.4, -0.2) is 34.4 Å². The van der Waals surface area contributed by atoms with Gasteiger partial charge in [0.05, 0.1) is 6.61 Å². The van der Waals surface area contributed by atoms with Gasteiger partial charge in [-0.25, -0.2) is 4.79 Å². The van der Waals surface area contributed by atoms with Crippen LogP contribution in [0.25, 0.3) is 11.5 Å². The van der Waals surface area contributed by atoms with Crippen molar-refractivity contribution in [3.05, 3.63) is 29.6 Å². The summed E-state index contributed by atoms with van der Waals surface area (Å²) in [4.78, 5) is 16.4. The minimum atomic E-state index is -0.283. The standard InChI is InChI=1S/C17H22N4O3/c1-3-14-20-15(24-21-14)12-5-4-11(2)13(8-12)19-16(23)18-9-17(10-22)6-7-17/h4-5,8,22H,3,6-7,9-10H2,1-2H3,(H2,18,19,23). The van der Waals surface area contributed by atoms with Gasteiger partial charge in [-0.1, -0.05) is 18.1 Å². The molecule has 2 amide bonds. The molecule has 0 saturated heterocycles. The van der Waals surface area contributed by atoms with Crippen molar-refractivity contribution in [1.29, 1.82) is 0 Å². The molecule has 0 atom stereocenters. The van der Waals surface area contributed by atoms with Gasteiger partial charge >= 0.3 is 6.03 Å². The first kappa shape index (κ1) is 16.4. The van der Waals surface area contributed by atoms with Gasteiger partial charge in [0, 0.05) is 29.6 Å². The lowest BCUT2D eigenvalue weighted by molar-refractivity contribution is 0.206. The Labute approximate surface area is 140 Å². The third kappa shape index (κ3) is 3.56. The van der Waals surface area contributed by atoms with Gasteiger partial charge in [0.2, 0.25) is 0 Å². The first-order chi connectivity index (χ1) is 11.5. The Morgan fingerprint density at radius 3 is 2.83 bits per heavy atom. The van der Waals surface area contributed by atoms with Gasteiger partial charge in [-0.05, 0) is 37.5 Å². The fourth-order valence-electron chi connectivity index (χ4n) is 2.41. The Kier molecular flexibility index (Phi) is 4.53. The van der Waals surface area contributed by atoms with Crippen LogP contribution in [0.2, 0.25) is 0 Å². The highest BCUT2D eigenvalue weighted by atomic mass is 16.5. The first-order valence-electron chi connectivity index (χ1n) is 8.14. The van der Waals surface area contributed by atoms with Crippen molar-refractivity contribution in [3.8, 4) is 11.5 Å². The highest BCUT2D eigenvalue weighted by Crippen LogP contribution is 2.44. The monoisotopic (exact) mass is 330 g/mol. The van der Waals surface area contributed by atoms with Crippen molar-refractivity contribution in [3.63, 3.8) is 0 Å². The number of nitrogens with zero attached hydrogens (tertiary/aromatic N) is 2. The van der Waals surface area contributed by atoms with Gasteiger partial charge in [0.1, 0.15) is 0 Å². The summed E-state index contributed by atoms with van der Waals surface area (Å²) in [5, 5.41) is 18.8. The fourth-order valence-corrected chi connectivity index (χ4v) is 2.41. The zero-order chi connectivity index (χ0) is 17.2. The molecule has 128 valence electrons. The van der Waals surface area contributed by atoms with Crippen LogP contribution in [0.5, 0.6) is 0 Å². The summed E-state index contributed by atoms with van der Waals surface area (Å²) < 4.78 is 5.24. The second-order valence-corrected chi connectivity index (χ2v) is 6.36. The highest BCUT2D eigenvalue weighted by molar-refractivity contribution is 5.90. The molecular weight excluding hydrogens is 308 g/mol. The number of hydrogen-bond acceptors (Lipinski definition) is 5. The summed E-state index contributed by atoms with van der Waals surface area (Å²) in [6, 6.07) is 5.32. The van der Waals surface area contributed by atoms with E-state index in [1.54, 1.807) is 0 Å². The predicted molar refractivity (Wildman–Crippen MR) is 89.6 cm³/mol. The Balaban J connectivity index is 1.68. The molecule has 7 heteroatoms. The summed E-state index contributed by atoms with van der Waals surface area (Å²) in [6.07, 6.45) is 2.61. The number of aromatic nitrogens is 2. The van der Waals surface area contributed by atoms with Crippen LogP contribution >= 0.6 is 0 Å². The number of urea groups is 1. The number of nitrogens with one attached hydrogen (secondary N) is 2. The number of aliphatic hydroxyl groups is 1. The van der Waals surface area contributed by atoms with E-state index in [-0.39, 0.29) is 18.1 Å². The van der Waals surface area contributed by atoms with Gasteiger partial charge < -0.3 is 20.3 Å². The van der Waals surface area contributed by atoms with Crippen LogP contribution in [0, 0.1) is 12.3 Å². The second-order valence-electron chi connectivity index (χ2n) is 6.36.